The summed E-state index contributed by atoms with van der Waals surface area (Å²) in [6, 6.07) is 6.57. The van der Waals surface area contributed by atoms with Crippen molar-refractivity contribution in [1.29, 1.82) is 0 Å². The molecular formula is C16H13ClN4O4S. The third kappa shape index (κ3) is 3.11. The summed E-state index contributed by atoms with van der Waals surface area (Å²) in [4.78, 5) is 26.2. The molecule has 1 N–H and O–H groups in total. The van der Waals surface area contributed by atoms with Crippen LogP contribution >= 0.6 is 22.9 Å². The molecule has 0 unspecified atom stereocenters. The van der Waals surface area contributed by atoms with E-state index in [1.807, 2.05) is 6.07 Å². The Bertz CT molecular complexity index is 988. The molecule has 1 aliphatic rings. The zero-order valence-electron chi connectivity index (χ0n) is 13.4. The molecule has 0 aromatic carbocycles. The molecule has 1 aliphatic heterocycles. The predicted molar refractivity (Wildman–Crippen MR) is 93.6 cm³/mol. The number of carbonyl (C=O) groups is 2. The minimum absolute atomic E-state index is 0.0717. The van der Waals surface area contributed by atoms with Gasteiger partial charge < -0.3 is 14.5 Å². The minimum Gasteiger partial charge on any atom is -0.477 e. The van der Waals surface area contributed by atoms with Crippen LogP contribution in [-0.2, 0) is 6.54 Å². The van der Waals surface area contributed by atoms with Crippen LogP contribution in [0.5, 0.6) is 0 Å². The summed E-state index contributed by atoms with van der Waals surface area (Å²) >= 11 is 7.27. The van der Waals surface area contributed by atoms with Crippen LogP contribution in [0.4, 0.5) is 0 Å². The second-order valence-electron chi connectivity index (χ2n) is 5.81. The molecule has 0 spiro atoms. The van der Waals surface area contributed by atoms with Gasteiger partial charge in [0.1, 0.15) is 11.4 Å². The van der Waals surface area contributed by atoms with E-state index in [2.05, 4.69) is 10.3 Å². The average molecular weight is 393 g/mol. The molecular weight excluding hydrogens is 380 g/mol. The molecule has 3 aromatic heterocycles. The van der Waals surface area contributed by atoms with Gasteiger partial charge in [0, 0.05) is 25.2 Å². The molecule has 1 amide bonds. The Morgan fingerprint density at radius 3 is 2.73 bits per heavy atom. The van der Waals surface area contributed by atoms with Crippen LogP contribution in [0.15, 0.2) is 28.8 Å². The lowest BCUT2D eigenvalue weighted by atomic mass is 10.2. The molecule has 0 saturated carbocycles. The molecule has 10 heteroatoms. The summed E-state index contributed by atoms with van der Waals surface area (Å²) in [5, 5.41) is 17.5. The molecule has 0 bridgehead atoms. The van der Waals surface area contributed by atoms with Crippen molar-refractivity contribution >= 4 is 34.8 Å². The van der Waals surface area contributed by atoms with Crippen LogP contribution in [0.2, 0.25) is 4.34 Å². The van der Waals surface area contributed by atoms with E-state index in [0.29, 0.717) is 28.9 Å². The first-order valence-electron chi connectivity index (χ1n) is 7.83. The largest absolute Gasteiger partial charge is 0.477 e. The van der Waals surface area contributed by atoms with Gasteiger partial charge in [-0.3, -0.25) is 9.48 Å². The van der Waals surface area contributed by atoms with E-state index in [1.165, 1.54) is 22.1 Å². The third-order valence-electron chi connectivity index (χ3n) is 4.05. The highest BCUT2D eigenvalue weighted by Gasteiger charge is 2.26. The van der Waals surface area contributed by atoms with Gasteiger partial charge in [-0.2, -0.15) is 5.10 Å². The van der Waals surface area contributed by atoms with Crippen molar-refractivity contribution in [3.63, 3.8) is 0 Å². The van der Waals surface area contributed by atoms with Gasteiger partial charge in [0.2, 0.25) is 0 Å². The van der Waals surface area contributed by atoms with Gasteiger partial charge in [0.15, 0.2) is 11.5 Å². The van der Waals surface area contributed by atoms with Gasteiger partial charge >= 0.3 is 5.97 Å². The number of rotatable bonds is 5. The smallest absolute Gasteiger partial charge is 0.354 e. The lowest BCUT2D eigenvalue weighted by Gasteiger charge is -2.29. The van der Waals surface area contributed by atoms with Gasteiger partial charge in [-0.15, -0.1) is 11.3 Å². The Morgan fingerprint density at radius 2 is 2.12 bits per heavy atom. The van der Waals surface area contributed by atoms with Crippen LogP contribution in [0, 0.1) is 0 Å². The highest BCUT2D eigenvalue weighted by atomic mass is 35.5. The number of carboxylic acid groups (broad SMARTS) is 1. The van der Waals surface area contributed by atoms with Crippen LogP contribution in [0.1, 0.15) is 33.1 Å². The maximum atomic E-state index is 12.3. The maximum absolute atomic E-state index is 12.3. The number of likely N-dealkylation sites (tertiary alicyclic amines) is 1. The molecule has 4 heterocycles. The lowest BCUT2D eigenvalue weighted by molar-refractivity contribution is 0.0643. The third-order valence-corrected chi connectivity index (χ3v) is 5.29. The Morgan fingerprint density at radius 1 is 1.31 bits per heavy atom. The predicted octanol–water partition coefficient (Wildman–Crippen LogP) is 2.85. The van der Waals surface area contributed by atoms with Crippen LogP contribution in [0.25, 0.3) is 10.6 Å². The second-order valence-corrected chi connectivity index (χ2v) is 7.52. The number of nitrogens with zero attached hydrogens (tertiary/aromatic N) is 4. The fraction of sp³-hybridized carbons (Fsp3) is 0.250. The molecule has 0 radical (unpaired) electrons. The Balaban J connectivity index is 1.59. The summed E-state index contributed by atoms with van der Waals surface area (Å²) in [5.41, 5.74) is 0.548. The topological polar surface area (TPSA) is 101 Å². The van der Waals surface area contributed by atoms with Gasteiger partial charge in [-0.05, 0) is 18.6 Å². The van der Waals surface area contributed by atoms with E-state index >= 15 is 0 Å². The first-order valence-corrected chi connectivity index (χ1v) is 9.02. The number of amides is 1. The van der Waals surface area contributed by atoms with Crippen molar-refractivity contribution in [3.05, 3.63) is 45.7 Å². The zero-order chi connectivity index (χ0) is 18.3. The van der Waals surface area contributed by atoms with Crippen LogP contribution < -0.4 is 0 Å². The summed E-state index contributed by atoms with van der Waals surface area (Å²) in [6.45, 7) is 1.42. The SMILES string of the molecule is O=C(O)c1cc(C(=O)N2CCC2)nn1Cc1cc(-c2ccc(Cl)s2)on1. The Labute approximate surface area is 156 Å². The van der Waals surface area contributed by atoms with Crippen molar-refractivity contribution in [2.45, 2.75) is 13.0 Å². The number of carboxylic acids is 1. The Hall–Kier alpha value is -2.65. The molecule has 0 atom stereocenters. The second kappa shape index (κ2) is 6.58. The number of carbonyl (C=O) groups excluding carboxylic acids is 1. The van der Waals surface area contributed by atoms with E-state index in [9.17, 15) is 14.7 Å². The van der Waals surface area contributed by atoms with Crippen LogP contribution in [-0.4, -0.2) is 49.9 Å². The molecule has 8 nitrogen and oxygen atoms in total. The monoisotopic (exact) mass is 392 g/mol. The normalized spacial score (nSPS) is 13.7. The average Bonchev–Trinajstić information content (AvgIpc) is 3.25. The Kier molecular flexibility index (Phi) is 4.25. The highest BCUT2D eigenvalue weighted by Crippen LogP contribution is 2.31. The maximum Gasteiger partial charge on any atom is 0.354 e. The molecule has 4 rings (SSSR count). The molecule has 1 saturated heterocycles. The number of thiophene rings is 1. The minimum atomic E-state index is -1.16. The number of hydrogen-bond acceptors (Lipinski definition) is 6. The van der Waals surface area contributed by atoms with Gasteiger partial charge in [0.25, 0.3) is 5.91 Å². The lowest BCUT2D eigenvalue weighted by Crippen LogP contribution is -2.42. The number of hydrogen-bond donors (Lipinski definition) is 1. The van der Waals surface area contributed by atoms with Crippen molar-refractivity contribution in [3.8, 4) is 10.6 Å². The summed E-state index contributed by atoms with van der Waals surface area (Å²) in [7, 11) is 0. The van der Waals surface area contributed by atoms with Crippen molar-refractivity contribution < 1.29 is 19.2 Å². The van der Waals surface area contributed by atoms with Gasteiger partial charge in [-0.25, -0.2) is 4.79 Å². The van der Waals surface area contributed by atoms with E-state index in [-0.39, 0.29) is 23.8 Å². The van der Waals surface area contributed by atoms with E-state index in [0.717, 1.165) is 11.3 Å². The van der Waals surface area contributed by atoms with Crippen molar-refractivity contribution in [2.75, 3.05) is 13.1 Å². The van der Waals surface area contributed by atoms with E-state index in [4.69, 9.17) is 16.1 Å². The number of aromatic nitrogens is 3. The molecule has 134 valence electrons. The standard InChI is InChI=1S/C16H13ClN4O4S/c17-14-3-2-13(26-14)12-6-9(19-25-12)8-21-11(16(23)24)7-10(18-21)15(22)20-4-1-5-20/h2-3,6-7H,1,4-5,8H2,(H,23,24). The van der Waals surface area contributed by atoms with Crippen molar-refractivity contribution in [2.24, 2.45) is 0 Å². The number of aromatic carboxylic acids is 1. The first-order chi connectivity index (χ1) is 12.5. The summed E-state index contributed by atoms with van der Waals surface area (Å²) in [6.07, 6.45) is 0.951. The van der Waals surface area contributed by atoms with E-state index < -0.39 is 5.97 Å². The molecule has 1 fully saturated rings. The quantitative estimate of drug-likeness (QED) is 0.716. The van der Waals surface area contributed by atoms with Crippen LogP contribution in [0.3, 0.4) is 0 Å². The number of halogens is 1. The van der Waals surface area contributed by atoms with Crippen molar-refractivity contribution in [1.82, 2.24) is 19.8 Å². The van der Waals surface area contributed by atoms with Gasteiger partial charge in [0.05, 0.1) is 15.8 Å². The zero-order valence-corrected chi connectivity index (χ0v) is 15.0. The molecule has 0 aliphatic carbocycles. The molecule has 26 heavy (non-hydrogen) atoms. The fourth-order valence-corrected chi connectivity index (χ4v) is 3.59. The molecule has 3 aromatic rings. The van der Waals surface area contributed by atoms with Gasteiger partial charge in [-0.1, -0.05) is 16.8 Å². The van der Waals surface area contributed by atoms with E-state index in [1.54, 1.807) is 17.0 Å². The summed E-state index contributed by atoms with van der Waals surface area (Å²) in [5.74, 6) is -0.877. The highest BCUT2D eigenvalue weighted by molar-refractivity contribution is 7.19. The first kappa shape index (κ1) is 16.8. The summed E-state index contributed by atoms with van der Waals surface area (Å²) < 4.78 is 7.17. The fourth-order valence-electron chi connectivity index (χ4n) is 2.60.